The fourth-order valence-corrected chi connectivity index (χ4v) is 4.97. The highest BCUT2D eigenvalue weighted by molar-refractivity contribution is 14.1. The van der Waals surface area contributed by atoms with Crippen molar-refractivity contribution in [3.63, 3.8) is 0 Å². The Hall–Kier alpha value is -1.69. The van der Waals surface area contributed by atoms with Gasteiger partial charge in [-0.15, -0.1) is 0 Å². The molecule has 3 aromatic carbocycles. The molecule has 0 saturated heterocycles. The third kappa shape index (κ3) is 5.81. The van der Waals surface area contributed by atoms with Gasteiger partial charge in [-0.1, -0.05) is 44.0 Å². The molecule has 1 N–H and O–H groups in total. The van der Waals surface area contributed by atoms with E-state index in [-0.39, 0.29) is 5.76 Å². The molecule has 0 aliphatic carbocycles. The molecule has 0 radical (unpaired) electrons. The maximum absolute atomic E-state index is 12.5. The fourth-order valence-electron chi connectivity index (χ4n) is 2.90. The van der Waals surface area contributed by atoms with Gasteiger partial charge in [-0.2, -0.15) is 5.10 Å². The van der Waals surface area contributed by atoms with Crippen molar-refractivity contribution in [3.8, 4) is 5.75 Å². The Morgan fingerprint density at radius 1 is 1.03 bits per heavy atom. The van der Waals surface area contributed by atoms with Crippen LogP contribution in [0.2, 0.25) is 0 Å². The Morgan fingerprint density at radius 2 is 1.81 bits per heavy atom. The Morgan fingerprint density at radius 3 is 2.59 bits per heavy atom. The molecular weight excluding hydrogens is 719 g/mol. The molecule has 0 atom stereocenters. The van der Waals surface area contributed by atoms with Crippen molar-refractivity contribution in [2.24, 2.45) is 5.10 Å². The summed E-state index contributed by atoms with van der Waals surface area (Å²) in [6.45, 7) is 0.426. The summed E-state index contributed by atoms with van der Waals surface area (Å²) in [6.07, 6.45) is 1.54. The van der Waals surface area contributed by atoms with Crippen LogP contribution in [0.4, 0.5) is 0 Å². The van der Waals surface area contributed by atoms with E-state index < -0.39 is 5.91 Å². The van der Waals surface area contributed by atoms with Crippen LogP contribution in [-0.2, 0) is 6.61 Å². The van der Waals surface area contributed by atoms with Gasteiger partial charge < -0.3 is 9.15 Å². The summed E-state index contributed by atoms with van der Waals surface area (Å²) < 4.78 is 15.3. The van der Waals surface area contributed by atoms with Crippen LogP contribution < -0.4 is 10.2 Å². The number of hydrazone groups is 1. The monoisotopic (exact) mass is 730 g/mol. The quantitative estimate of drug-likeness (QED) is 0.126. The lowest BCUT2D eigenvalue weighted by Crippen LogP contribution is -2.16. The summed E-state index contributed by atoms with van der Waals surface area (Å²) in [5, 5.41) is 4.89. The number of carbonyl (C=O) groups is 1. The number of rotatable bonds is 6. The average Bonchev–Trinajstić information content (AvgIpc) is 3.19. The molecule has 4 rings (SSSR count). The Balaban J connectivity index is 1.47. The molecule has 9 heteroatoms. The van der Waals surface area contributed by atoms with Crippen molar-refractivity contribution >= 4 is 93.5 Å². The average molecular weight is 733 g/mol. The van der Waals surface area contributed by atoms with Crippen LogP contribution in [0.3, 0.4) is 0 Å². The number of ether oxygens (including phenoxy) is 1. The van der Waals surface area contributed by atoms with Crippen LogP contribution in [0, 0.1) is 3.57 Å². The zero-order valence-corrected chi connectivity index (χ0v) is 23.2. The lowest BCUT2D eigenvalue weighted by molar-refractivity contribution is 0.0929. The molecule has 0 aliphatic heterocycles. The molecule has 1 amide bonds. The van der Waals surface area contributed by atoms with E-state index in [1.807, 2.05) is 54.6 Å². The summed E-state index contributed by atoms with van der Waals surface area (Å²) in [4.78, 5) is 12.5. The predicted octanol–water partition coefficient (Wildman–Crippen LogP) is 7.67. The lowest BCUT2D eigenvalue weighted by atomic mass is 10.2. The highest BCUT2D eigenvalue weighted by atomic mass is 127. The molecular formula is C23H14Br3IN2O3. The van der Waals surface area contributed by atoms with Crippen LogP contribution in [0.15, 0.2) is 83.6 Å². The standard InChI is InChI=1S/C23H14Br3IN2O3/c24-16-3-6-20(31-12-13-1-4-18(27)5-2-13)15(8-16)11-28-29-23(30)21-9-14-7-17(25)10-19(26)22(14)32-21/h1-11H,12H2,(H,29,30)/b28-11-. The number of nitrogens with zero attached hydrogens (tertiary/aromatic N) is 1. The number of carbonyl (C=O) groups excluding carboxylic acids is 1. The van der Waals surface area contributed by atoms with Gasteiger partial charge in [0.2, 0.25) is 0 Å². The topological polar surface area (TPSA) is 63.8 Å². The van der Waals surface area contributed by atoms with Crippen molar-refractivity contribution in [3.05, 3.63) is 94.5 Å². The molecule has 0 fully saturated rings. The van der Waals surface area contributed by atoms with Gasteiger partial charge in [-0.3, -0.25) is 4.79 Å². The first kappa shape index (κ1) is 23.5. The van der Waals surface area contributed by atoms with Crippen molar-refractivity contribution in [2.45, 2.75) is 6.61 Å². The Bertz CT molecular complexity index is 1320. The number of hydrogen-bond acceptors (Lipinski definition) is 4. The van der Waals surface area contributed by atoms with E-state index in [1.165, 1.54) is 3.57 Å². The molecule has 1 heterocycles. The second kappa shape index (κ2) is 10.5. The van der Waals surface area contributed by atoms with Gasteiger partial charge in [0.25, 0.3) is 0 Å². The number of nitrogens with one attached hydrogen (secondary N) is 1. The van der Waals surface area contributed by atoms with Crippen molar-refractivity contribution in [1.82, 2.24) is 5.43 Å². The minimum Gasteiger partial charge on any atom is -0.488 e. The van der Waals surface area contributed by atoms with E-state index in [0.717, 1.165) is 29.9 Å². The Labute approximate surface area is 223 Å². The third-order valence-electron chi connectivity index (χ3n) is 4.41. The van der Waals surface area contributed by atoms with E-state index in [4.69, 9.17) is 9.15 Å². The molecule has 162 valence electrons. The number of furan rings is 1. The first-order valence-corrected chi connectivity index (χ1v) is 12.7. The number of amides is 1. The van der Waals surface area contributed by atoms with Crippen molar-refractivity contribution < 1.29 is 13.9 Å². The van der Waals surface area contributed by atoms with E-state index in [0.29, 0.717) is 17.9 Å². The minimum atomic E-state index is -0.447. The summed E-state index contributed by atoms with van der Waals surface area (Å²) in [5.74, 6) is 0.375. The zero-order valence-electron chi connectivity index (χ0n) is 16.2. The summed E-state index contributed by atoms with van der Waals surface area (Å²) in [5.41, 5.74) is 4.89. The number of benzene rings is 3. The maximum Gasteiger partial charge on any atom is 0.307 e. The predicted molar refractivity (Wildman–Crippen MR) is 144 cm³/mol. The first-order chi connectivity index (χ1) is 15.4. The van der Waals surface area contributed by atoms with Gasteiger partial charge in [-0.05, 0) is 92.6 Å². The van der Waals surface area contributed by atoms with Gasteiger partial charge >= 0.3 is 5.91 Å². The number of halogens is 4. The van der Waals surface area contributed by atoms with E-state index in [9.17, 15) is 4.79 Å². The van der Waals surface area contributed by atoms with Gasteiger partial charge in [0.05, 0.1) is 10.7 Å². The van der Waals surface area contributed by atoms with Crippen molar-refractivity contribution in [2.75, 3.05) is 0 Å². The molecule has 1 aromatic heterocycles. The highest BCUT2D eigenvalue weighted by Gasteiger charge is 2.14. The van der Waals surface area contributed by atoms with Crippen LogP contribution >= 0.6 is 70.4 Å². The van der Waals surface area contributed by atoms with Gasteiger partial charge in [0, 0.05) is 23.5 Å². The summed E-state index contributed by atoms with van der Waals surface area (Å²) in [7, 11) is 0. The maximum atomic E-state index is 12.5. The van der Waals surface area contributed by atoms with Crippen molar-refractivity contribution in [1.29, 1.82) is 0 Å². The number of hydrogen-bond donors (Lipinski definition) is 1. The van der Waals surface area contributed by atoms with Crippen LogP contribution in [-0.4, -0.2) is 12.1 Å². The second-order valence-corrected chi connectivity index (χ2v) is 10.6. The van der Waals surface area contributed by atoms with E-state index >= 15 is 0 Å². The number of fused-ring (bicyclic) bond motifs is 1. The van der Waals surface area contributed by atoms with E-state index in [2.05, 4.69) is 80.9 Å². The zero-order chi connectivity index (χ0) is 22.7. The minimum absolute atomic E-state index is 0.167. The fraction of sp³-hybridized carbons (Fsp3) is 0.0435. The largest absolute Gasteiger partial charge is 0.488 e. The normalized spacial score (nSPS) is 11.2. The van der Waals surface area contributed by atoms with Gasteiger partial charge in [0.1, 0.15) is 17.9 Å². The smallest absolute Gasteiger partial charge is 0.307 e. The molecule has 0 spiro atoms. The van der Waals surface area contributed by atoms with Crippen LogP contribution in [0.5, 0.6) is 5.75 Å². The first-order valence-electron chi connectivity index (χ1n) is 9.28. The van der Waals surface area contributed by atoms with Gasteiger partial charge in [0.15, 0.2) is 5.76 Å². The van der Waals surface area contributed by atoms with Crippen LogP contribution in [0.1, 0.15) is 21.7 Å². The SMILES string of the molecule is O=C(N/N=C\c1cc(Br)ccc1OCc1ccc(I)cc1)c1cc2cc(Br)cc(Br)c2o1. The molecule has 0 bridgehead atoms. The Kier molecular flexibility index (Phi) is 7.70. The van der Waals surface area contributed by atoms with Gasteiger partial charge in [-0.25, -0.2) is 5.43 Å². The molecule has 0 saturated carbocycles. The second-order valence-electron chi connectivity index (χ2n) is 6.71. The van der Waals surface area contributed by atoms with E-state index in [1.54, 1.807) is 12.3 Å². The summed E-state index contributed by atoms with van der Waals surface area (Å²) >= 11 is 12.6. The highest BCUT2D eigenvalue weighted by Crippen LogP contribution is 2.31. The lowest BCUT2D eigenvalue weighted by Gasteiger charge is -2.10. The third-order valence-corrected chi connectivity index (χ3v) is 6.67. The molecule has 0 unspecified atom stereocenters. The molecule has 4 aromatic rings. The molecule has 5 nitrogen and oxygen atoms in total. The molecule has 0 aliphatic rings. The molecule has 32 heavy (non-hydrogen) atoms. The van der Waals surface area contributed by atoms with Crippen LogP contribution in [0.25, 0.3) is 11.0 Å². The summed E-state index contributed by atoms with van der Waals surface area (Å²) in [6, 6.07) is 19.1.